The molecule has 5 heteroatoms. The number of rotatable bonds is 3. The molecule has 26 heavy (non-hydrogen) atoms. The number of carbonyl (C=O) groups is 1. The number of hydrogen-bond acceptors (Lipinski definition) is 4. The van der Waals surface area contributed by atoms with Crippen LogP contribution in [0.15, 0.2) is 42.5 Å². The lowest BCUT2D eigenvalue weighted by Gasteiger charge is -2.21. The molecule has 0 fully saturated rings. The second-order valence-electron chi connectivity index (χ2n) is 6.47. The highest BCUT2D eigenvalue weighted by molar-refractivity contribution is 6.05. The van der Waals surface area contributed by atoms with Gasteiger partial charge in [-0.05, 0) is 48.7 Å². The van der Waals surface area contributed by atoms with Crippen molar-refractivity contribution in [1.29, 1.82) is 0 Å². The maximum absolute atomic E-state index is 12.8. The van der Waals surface area contributed by atoms with Crippen molar-refractivity contribution in [3.63, 3.8) is 0 Å². The predicted molar refractivity (Wildman–Crippen MR) is 100 cm³/mol. The Hall–Kier alpha value is -2.95. The molecule has 0 bridgehead atoms. The minimum absolute atomic E-state index is 0.0312. The van der Waals surface area contributed by atoms with Crippen molar-refractivity contribution in [2.75, 3.05) is 25.2 Å². The van der Waals surface area contributed by atoms with E-state index in [0.29, 0.717) is 30.5 Å². The number of benzene rings is 2. The van der Waals surface area contributed by atoms with Gasteiger partial charge in [0.25, 0.3) is 5.91 Å². The van der Waals surface area contributed by atoms with Gasteiger partial charge in [0.1, 0.15) is 13.2 Å². The molecule has 2 aliphatic heterocycles. The first-order valence-corrected chi connectivity index (χ1v) is 8.74. The molecule has 0 unspecified atom stereocenters. The van der Waals surface area contributed by atoms with Crippen LogP contribution in [-0.4, -0.2) is 32.3 Å². The Balaban J connectivity index is 1.59. The molecular formula is C21H21NO4. The molecule has 0 radical (unpaired) electrons. The molecule has 1 amide bonds. The van der Waals surface area contributed by atoms with Crippen LogP contribution in [0.2, 0.25) is 0 Å². The number of para-hydroxylation sites is 1. The summed E-state index contributed by atoms with van der Waals surface area (Å²) in [6.45, 7) is 3.08. The van der Waals surface area contributed by atoms with Gasteiger partial charge in [0.15, 0.2) is 11.5 Å². The topological polar surface area (TPSA) is 48.0 Å². The Bertz CT molecular complexity index is 857. The molecule has 2 aromatic rings. The quantitative estimate of drug-likeness (QED) is 0.795. The van der Waals surface area contributed by atoms with Gasteiger partial charge >= 0.3 is 0 Å². The molecule has 2 aromatic carbocycles. The average molecular weight is 351 g/mol. The Labute approximate surface area is 152 Å². The standard InChI is InChI=1S/C21H21NO4/c1-14-11-16-5-3-4-6-17(16)22(14)20(23)8-7-15-12-18(24-2)21-19(13-15)25-9-10-26-21/h3-8,12-14H,9-11H2,1-2H3/b8-7-/t14-/m0/s1. The van der Waals surface area contributed by atoms with Gasteiger partial charge in [-0.25, -0.2) is 0 Å². The van der Waals surface area contributed by atoms with Gasteiger partial charge in [0.05, 0.1) is 7.11 Å². The van der Waals surface area contributed by atoms with E-state index in [2.05, 4.69) is 13.0 Å². The molecular weight excluding hydrogens is 330 g/mol. The number of amides is 1. The molecule has 0 saturated carbocycles. The van der Waals surface area contributed by atoms with E-state index in [0.717, 1.165) is 17.7 Å². The zero-order valence-corrected chi connectivity index (χ0v) is 14.9. The highest BCUT2D eigenvalue weighted by Gasteiger charge is 2.29. The Morgan fingerprint density at radius 1 is 1.23 bits per heavy atom. The van der Waals surface area contributed by atoms with Crippen molar-refractivity contribution in [2.45, 2.75) is 19.4 Å². The van der Waals surface area contributed by atoms with E-state index in [1.165, 1.54) is 5.56 Å². The Morgan fingerprint density at radius 3 is 2.88 bits per heavy atom. The van der Waals surface area contributed by atoms with E-state index in [9.17, 15) is 4.79 Å². The van der Waals surface area contributed by atoms with Crippen LogP contribution in [0.5, 0.6) is 17.2 Å². The minimum Gasteiger partial charge on any atom is -0.493 e. The van der Waals surface area contributed by atoms with Gasteiger partial charge in [0.2, 0.25) is 5.75 Å². The third-order valence-electron chi connectivity index (χ3n) is 4.71. The van der Waals surface area contributed by atoms with Gasteiger partial charge in [0, 0.05) is 17.8 Å². The lowest BCUT2D eigenvalue weighted by Crippen LogP contribution is -2.34. The molecule has 5 nitrogen and oxygen atoms in total. The second kappa shape index (κ2) is 6.75. The van der Waals surface area contributed by atoms with Crippen molar-refractivity contribution >= 4 is 17.7 Å². The smallest absolute Gasteiger partial charge is 0.251 e. The first-order valence-electron chi connectivity index (χ1n) is 8.74. The molecule has 0 aliphatic carbocycles. The van der Waals surface area contributed by atoms with Gasteiger partial charge in [-0.1, -0.05) is 18.2 Å². The summed E-state index contributed by atoms with van der Waals surface area (Å²) in [5, 5.41) is 0. The summed E-state index contributed by atoms with van der Waals surface area (Å²) in [4.78, 5) is 14.6. The molecule has 0 saturated heterocycles. The number of ether oxygens (including phenoxy) is 3. The Morgan fingerprint density at radius 2 is 2.04 bits per heavy atom. The van der Waals surface area contributed by atoms with E-state index in [-0.39, 0.29) is 11.9 Å². The number of nitrogens with zero attached hydrogens (tertiary/aromatic N) is 1. The van der Waals surface area contributed by atoms with E-state index in [4.69, 9.17) is 14.2 Å². The predicted octanol–water partition coefficient (Wildman–Crippen LogP) is 3.46. The van der Waals surface area contributed by atoms with Crippen LogP contribution in [0.4, 0.5) is 5.69 Å². The number of anilines is 1. The van der Waals surface area contributed by atoms with Crippen molar-refractivity contribution < 1.29 is 19.0 Å². The van der Waals surface area contributed by atoms with E-state index in [1.807, 2.05) is 35.2 Å². The molecule has 2 aliphatic rings. The highest BCUT2D eigenvalue weighted by atomic mass is 16.6. The lowest BCUT2D eigenvalue weighted by molar-refractivity contribution is -0.114. The summed E-state index contributed by atoms with van der Waals surface area (Å²) in [6.07, 6.45) is 4.27. The summed E-state index contributed by atoms with van der Waals surface area (Å²) in [6, 6.07) is 11.9. The van der Waals surface area contributed by atoms with E-state index in [1.54, 1.807) is 19.3 Å². The van der Waals surface area contributed by atoms with Crippen LogP contribution in [0.3, 0.4) is 0 Å². The van der Waals surface area contributed by atoms with Crippen molar-refractivity contribution in [2.24, 2.45) is 0 Å². The summed E-state index contributed by atoms with van der Waals surface area (Å²) in [5.41, 5.74) is 3.04. The molecule has 4 rings (SSSR count). The average Bonchev–Trinajstić information content (AvgIpc) is 3.01. The monoisotopic (exact) mass is 351 g/mol. The largest absolute Gasteiger partial charge is 0.493 e. The normalized spacial score (nSPS) is 18.1. The van der Waals surface area contributed by atoms with Crippen LogP contribution < -0.4 is 19.1 Å². The maximum atomic E-state index is 12.8. The van der Waals surface area contributed by atoms with Gasteiger partial charge in [-0.2, -0.15) is 0 Å². The molecule has 2 heterocycles. The summed E-state index contributed by atoms with van der Waals surface area (Å²) in [7, 11) is 1.59. The van der Waals surface area contributed by atoms with E-state index < -0.39 is 0 Å². The fraction of sp³-hybridized carbons (Fsp3) is 0.286. The van der Waals surface area contributed by atoms with Crippen LogP contribution in [0, 0.1) is 0 Å². The van der Waals surface area contributed by atoms with Gasteiger partial charge in [-0.15, -0.1) is 0 Å². The van der Waals surface area contributed by atoms with Crippen LogP contribution in [0.1, 0.15) is 18.1 Å². The van der Waals surface area contributed by atoms with Crippen LogP contribution in [-0.2, 0) is 11.2 Å². The number of carbonyl (C=O) groups excluding carboxylic acids is 1. The fourth-order valence-electron chi connectivity index (χ4n) is 3.54. The Kier molecular flexibility index (Phi) is 4.29. The molecule has 134 valence electrons. The fourth-order valence-corrected chi connectivity index (χ4v) is 3.54. The summed E-state index contributed by atoms with van der Waals surface area (Å²) < 4.78 is 16.6. The SMILES string of the molecule is COc1cc(/C=C\C(=O)N2c3ccccc3C[C@@H]2C)cc2c1OCCO2. The number of methoxy groups -OCH3 is 1. The first kappa shape index (κ1) is 16.5. The lowest BCUT2D eigenvalue weighted by atomic mass is 10.1. The summed E-state index contributed by atoms with van der Waals surface area (Å²) >= 11 is 0. The summed E-state index contributed by atoms with van der Waals surface area (Å²) in [5.74, 6) is 1.83. The zero-order chi connectivity index (χ0) is 18.1. The molecule has 0 aromatic heterocycles. The van der Waals surface area contributed by atoms with Crippen molar-refractivity contribution in [3.05, 3.63) is 53.6 Å². The third-order valence-corrected chi connectivity index (χ3v) is 4.71. The first-order chi connectivity index (χ1) is 12.7. The molecule has 1 atom stereocenters. The third kappa shape index (κ3) is 2.90. The van der Waals surface area contributed by atoms with Crippen molar-refractivity contribution in [1.82, 2.24) is 0 Å². The minimum atomic E-state index is -0.0312. The van der Waals surface area contributed by atoms with Crippen LogP contribution >= 0.6 is 0 Å². The number of fused-ring (bicyclic) bond motifs is 2. The van der Waals surface area contributed by atoms with E-state index >= 15 is 0 Å². The zero-order valence-electron chi connectivity index (χ0n) is 14.9. The number of hydrogen-bond donors (Lipinski definition) is 0. The maximum Gasteiger partial charge on any atom is 0.251 e. The highest BCUT2D eigenvalue weighted by Crippen LogP contribution is 2.40. The van der Waals surface area contributed by atoms with Gasteiger partial charge in [-0.3, -0.25) is 4.79 Å². The second-order valence-corrected chi connectivity index (χ2v) is 6.47. The van der Waals surface area contributed by atoms with Gasteiger partial charge < -0.3 is 19.1 Å². The van der Waals surface area contributed by atoms with Crippen molar-refractivity contribution in [3.8, 4) is 17.2 Å². The molecule has 0 N–H and O–H groups in total. The van der Waals surface area contributed by atoms with Crippen LogP contribution in [0.25, 0.3) is 6.08 Å². The molecule has 0 spiro atoms.